The van der Waals surface area contributed by atoms with Gasteiger partial charge in [-0.1, -0.05) is 28.1 Å². The maximum atomic E-state index is 14.1. The van der Waals surface area contributed by atoms with Crippen LogP contribution in [0.25, 0.3) is 0 Å². The highest BCUT2D eigenvalue weighted by Gasteiger charge is 2.37. The third-order valence-electron chi connectivity index (χ3n) is 4.44. The van der Waals surface area contributed by atoms with Crippen molar-refractivity contribution in [2.45, 2.75) is 18.3 Å². The van der Waals surface area contributed by atoms with Crippen LogP contribution in [-0.4, -0.2) is 38.8 Å². The first-order chi connectivity index (χ1) is 12.9. The van der Waals surface area contributed by atoms with Gasteiger partial charge in [-0.05, 0) is 24.6 Å². The first kappa shape index (κ1) is 19.5. The van der Waals surface area contributed by atoms with Crippen LogP contribution in [0.15, 0.2) is 29.1 Å². The van der Waals surface area contributed by atoms with Gasteiger partial charge in [0, 0.05) is 19.0 Å². The molecular weight excluding hydrogens is 421 g/mol. The molecule has 0 saturated heterocycles. The lowest BCUT2D eigenvalue weighted by molar-refractivity contribution is -0.139. The topological polar surface area (TPSA) is 83.8 Å². The first-order valence-corrected chi connectivity index (χ1v) is 9.23. The van der Waals surface area contributed by atoms with E-state index in [1.807, 2.05) is 0 Å². The highest BCUT2D eigenvalue weighted by atomic mass is 79.9. The molecule has 1 aliphatic heterocycles. The van der Waals surface area contributed by atoms with E-state index in [-0.39, 0.29) is 35.8 Å². The van der Waals surface area contributed by atoms with Gasteiger partial charge in [0.05, 0.1) is 24.5 Å². The zero-order chi connectivity index (χ0) is 19.7. The summed E-state index contributed by atoms with van der Waals surface area (Å²) in [4.78, 5) is 30.6. The van der Waals surface area contributed by atoms with Crippen molar-refractivity contribution in [3.05, 3.63) is 57.1 Å². The molecule has 1 aliphatic rings. The fraction of sp³-hybridized carbons (Fsp3) is 0.333. The number of nitrogens with one attached hydrogen (secondary N) is 1. The Balaban J connectivity index is 2.16. The van der Waals surface area contributed by atoms with Gasteiger partial charge in [-0.2, -0.15) is 0 Å². The summed E-state index contributed by atoms with van der Waals surface area (Å²) in [5.41, 5.74) is 1.14. The number of pyridine rings is 1. The molecule has 144 valence electrons. The molecule has 2 N–H and O–H groups in total. The summed E-state index contributed by atoms with van der Waals surface area (Å²) < 4.78 is 15.4. The Morgan fingerprint density at radius 1 is 1.37 bits per heavy atom. The third-order valence-corrected chi connectivity index (χ3v) is 5.14. The number of para-hydroxylation sites is 1. The van der Waals surface area contributed by atoms with Crippen molar-refractivity contribution in [2.75, 3.05) is 18.5 Å². The molecule has 9 heteroatoms. The van der Waals surface area contributed by atoms with Crippen LogP contribution in [0.1, 0.15) is 21.5 Å². The summed E-state index contributed by atoms with van der Waals surface area (Å²) in [6.45, 7) is 1.36. The van der Waals surface area contributed by atoms with Gasteiger partial charge in [0.15, 0.2) is 0 Å². The number of carbonyl (C=O) groups is 1. The molecule has 1 unspecified atom stereocenters. The number of anilines is 2. The van der Waals surface area contributed by atoms with E-state index in [4.69, 9.17) is 9.94 Å². The molecule has 2 aromatic rings. The molecule has 1 amide bonds. The lowest BCUT2D eigenvalue weighted by Gasteiger charge is -2.34. The standard InChI is InChI=1S/C18H19BrFN3O4/c1-10-11-9-14(19)23(27-8-7-24)18(26)15(11)16(22(2)17(10)25)21-13-6-4-3-5-12(13)20/h3-6,14,21,24H,7-9H2,1-2H3. The van der Waals surface area contributed by atoms with E-state index < -0.39 is 16.7 Å². The highest BCUT2D eigenvalue weighted by molar-refractivity contribution is 9.09. The van der Waals surface area contributed by atoms with Crippen LogP contribution in [0, 0.1) is 12.7 Å². The van der Waals surface area contributed by atoms with Gasteiger partial charge in [-0.25, -0.2) is 9.45 Å². The molecular formula is C18H19BrFN3O4. The predicted molar refractivity (Wildman–Crippen MR) is 102 cm³/mol. The van der Waals surface area contributed by atoms with Crippen molar-refractivity contribution in [1.82, 2.24) is 9.63 Å². The smallest absolute Gasteiger partial charge is 0.282 e. The van der Waals surface area contributed by atoms with E-state index in [0.717, 1.165) is 5.06 Å². The minimum atomic E-state index is -0.505. The number of fused-ring (bicyclic) bond motifs is 1. The summed E-state index contributed by atoms with van der Waals surface area (Å²) in [6, 6.07) is 6.01. The molecule has 0 radical (unpaired) electrons. The van der Waals surface area contributed by atoms with E-state index in [9.17, 15) is 14.0 Å². The summed E-state index contributed by atoms with van der Waals surface area (Å²) in [7, 11) is 1.52. The summed E-state index contributed by atoms with van der Waals surface area (Å²) in [5.74, 6) is -0.800. The number of rotatable bonds is 5. The molecule has 1 atom stereocenters. The predicted octanol–water partition coefficient (Wildman–Crippen LogP) is 2.22. The normalized spacial score (nSPS) is 16.4. The number of hydroxylamine groups is 2. The number of benzene rings is 1. The van der Waals surface area contributed by atoms with E-state index in [1.54, 1.807) is 19.1 Å². The largest absolute Gasteiger partial charge is 0.394 e. The Kier molecular flexibility index (Phi) is 5.64. The fourth-order valence-corrected chi connectivity index (χ4v) is 3.70. The van der Waals surface area contributed by atoms with Gasteiger partial charge in [0.1, 0.15) is 16.6 Å². The van der Waals surface area contributed by atoms with Crippen LogP contribution >= 0.6 is 15.9 Å². The Hall–Kier alpha value is -2.23. The van der Waals surface area contributed by atoms with Crippen molar-refractivity contribution < 1.29 is 19.1 Å². The number of nitrogens with zero attached hydrogens (tertiary/aromatic N) is 2. The van der Waals surface area contributed by atoms with E-state index in [0.29, 0.717) is 17.5 Å². The van der Waals surface area contributed by atoms with Crippen LogP contribution < -0.4 is 10.9 Å². The summed E-state index contributed by atoms with van der Waals surface area (Å²) in [6.07, 6.45) is 0.334. The Morgan fingerprint density at radius 3 is 2.74 bits per heavy atom. The van der Waals surface area contributed by atoms with Crippen molar-refractivity contribution in [3.8, 4) is 0 Å². The van der Waals surface area contributed by atoms with Crippen LogP contribution in [-0.2, 0) is 18.3 Å². The zero-order valence-electron chi connectivity index (χ0n) is 14.8. The molecule has 2 heterocycles. The van der Waals surface area contributed by atoms with Gasteiger partial charge in [0.2, 0.25) is 0 Å². The quantitative estimate of drug-likeness (QED) is 0.551. The molecule has 1 aromatic heterocycles. The lowest BCUT2D eigenvalue weighted by atomic mass is 9.96. The van der Waals surface area contributed by atoms with E-state index >= 15 is 0 Å². The number of amides is 1. The van der Waals surface area contributed by atoms with Crippen LogP contribution in [0.4, 0.5) is 15.9 Å². The van der Waals surface area contributed by atoms with Gasteiger partial charge in [-0.15, -0.1) is 0 Å². The number of alkyl halides is 1. The van der Waals surface area contributed by atoms with Crippen LogP contribution in [0.5, 0.6) is 0 Å². The average molecular weight is 440 g/mol. The number of hydrogen-bond donors (Lipinski definition) is 2. The number of halogens is 2. The summed E-state index contributed by atoms with van der Waals surface area (Å²) >= 11 is 3.38. The van der Waals surface area contributed by atoms with Gasteiger partial charge >= 0.3 is 0 Å². The van der Waals surface area contributed by atoms with Crippen molar-refractivity contribution in [2.24, 2.45) is 7.05 Å². The minimum absolute atomic E-state index is 0.0516. The monoisotopic (exact) mass is 439 g/mol. The van der Waals surface area contributed by atoms with Gasteiger partial charge < -0.3 is 10.4 Å². The molecule has 1 aromatic carbocycles. The lowest BCUT2D eigenvalue weighted by Crippen LogP contribution is -2.45. The minimum Gasteiger partial charge on any atom is -0.394 e. The Labute approximate surface area is 163 Å². The zero-order valence-corrected chi connectivity index (χ0v) is 16.4. The SMILES string of the molecule is Cc1c2c(c(Nc3ccccc3F)n(C)c1=O)C(=O)N(OCCO)C(Br)C2. The second-order valence-electron chi connectivity index (χ2n) is 6.12. The van der Waals surface area contributed by atoms with Gasteiger partial charge in [0.25, 0.3) is 11.5 Å². The number of carbonyl (C=O) groups excluding carboxylic acids is 1. The first-order valence-electron chi connectivity index (χ1n) is 8.32. The summed E-state index contributed by atoms with van der Waals surface area (Å²) in [5, 5.41) is 13.0. The highest BCUT2D eigenvalue weighted by Crippen LogP contribution is 2.33. The fourth-order valence-electron chi connectivity index (χ4n) is 3.07. The number of hydrogen-bond acceptors (Lipinski definition) is 5. The number of aromatic nitrogens is 1. The third kappa shape index (κ3) is 3.50. The maximum Gasteiger partial charge on any atom is 0.282 e. The molecule has 0 spiro atoms. The van der Waals surface area contributed by atoms with Crippen LogP contribution in [0.2, 0.25) is 0 Å². The molecule has 7 nitrogen and oxygen atoms in total. The molecule has 27 heavy (non-hydrogen) atoms. The maximum absolute atomic E-state index is 14.1. The van der Waals surface area contributed by atoms with Crippen LogP contribution in [0.3, 0.4) is 0 Å². The Bertz CT molecular complexity index is 947. The van der Waals surface area contributed by atoms with Crippen molar-refractivity contribution >= 4 is 33.3 Å². The number of aliphatic hydroxyl groups excluding tert-OH is 1. The molecule has 0 saturated carbocycles. The second-order valence-corrected chi connectivity index (χ2v) is 7.18. The van der Waals surface area contributed by atoms with Crippen molar-refractivity contribution in [3.63, 3.8) is 0 Å². The van der Waals surface area contributed by atoms with Gasteiger partial charge in [-0.3, -0.25) is 19.0 Å². The Morgan fingerprint density at radius 2 is 2.07 bits per heavy atom. The average Bonchev–Trinajstić information content (AvgIpc) is 2.65. The molecule has 0 fully saturated rings. The van der Waals surface area contributed by atoms with Crippen molar-refractivity contribution in [1.29, 1.82) is 0 Å². The second kappa shape index (κ2) is 7.79. The molecule has 0 aliphatic carbocycles. The number of aliphatic hydroxyl groups is 1. The molecule has 0 bridgehead atoms. The molecule has 3 rings (SSSR count). The van der Waals surface area contributed by atoms with E-state index in [1.165, 1.54) is 23.7 Å². The van der Waals surface area contributed by atoms with E-state index in [2.05, 4.69) is 21.2 Å².